The van der Waals surface area contributed by atoms with Crippen molar-refractivity contribution in [2.45, 2.75) is 10.1 Å². The normalized spacial score (nSPS) is 10.9. The number of amides is 1. The number of nitrogens with one attached hydrogen (secondary N) is 1. The molecule has 0 saturated heterocycles. The Labute approximate surface area is 171 Å². The Morgan fingerprint density at radius 2 is 2.07 bits per heavy atom. The molecule has 0 fully saturated rings. The van der Waals surface area contributed by atoms with E-state index in [0.717, 1.165) is 10.1 Å². The van der Waals surface area contributed by atoms with Gasteiger partial charge in [-0.3, -0.25) is 10.1 Å². The second kappa shape index (κ2) is 8.17. The maximum atomic E-state index is 12.4. The number of nitrogens with zero attached hydrogens (tertiary/aromatic N) is 5. The van der Waals surface area contributed by atoms with Crippen molar-refractivity contribution in [1.29, 1.82) is 0 Å². The highest BCUT2D eigenvalue weighted by Gasteiger charge is 2.15. The molecule has 1 amide bonds. The van der Waals surface area contributed by atoms with E-state index in [1.54, 1.807) is 35.2 Å². The van der Waals surface area contributed by atoms with Crippen molar-refractivity contribution < 1.29 is 4.79 Å². The third-order valence-electron chi connectivity index (χ3n) is 3.37. The van der Waals surface area contributed by atoms with Crippen molar-refractivity contribution in [3.8, 4) is 5.69 Å². The Hall–Kier alpha value is -2.27. The molecule has 0 radical (unpaired) electrons. The van der Waals surface area contributed by atoms with Crippen LogP contribution in [0.5, 0.6) is 0 Å². The van der Waals surface area contributed by atoms with E-state index in [1.165, 1.54) is 27.1 Å². The van der Waals surface area contributed by atoms with E-state index in [0.29, 0.717) is 15.8 Å². The molecule has 4 aromatic rings. The first-order valence-electron chi connectivity index (χ1n) is 7.66. The molecule has 7 nitrogen and oxygen atoms in total. The van der Waals surface area contributed by atoms with Gasteiger partial charge in [-0.05, 0) is 23.6 Å². The number of aromatic nitrogens is 5. The number of carbonyl (C=O) groups excluding carboxylic acids is 1. The minimum Gasteiger partial charge on any atom is -0.295 e. The molecule has 4 rings (SSSR count). The molecule has 3 aromatic heterocycles. The second-order valence-corrected chi connectivity index (χ2v) is 8.83. The molecule has 27 heavy (non-hydrogen) atoms. The molecule has 0 saturated carbocycles. The molecule has 0 spiro atoms. The summed E-state index contributed by atoms with van der Waals surface area (Å²) in [5.41, 5.74) is 0.812. The number of para-hydroxylation sites is 1. The van der Waals surface area contributed by atoms with Gasteiger partial charge < -0.3 is 0 Å². The van der Waals surface area contributed by atoms with Crippen molar-refractivity contribution in [3.05, 3.63) is 63.6 Å². The van der Waals surface area contributed by atoms with Gasteiger partial charge in [-0.1, -0.05) is 58.1 Å². The standard InChI is InChI=1S/C16H11ClN6OS3/c17-11-5-1-2-6-13(11)23-8-12(19-22-23)14(24)18-15-20-21-16(27-15)26-9-10-4-3-7-25-10/h1-8H,9H2,(H,18,20,24). The Morgan fingerprint density at radius 1 is 1.19 bits per heavy atom. The predicted molar refractivity (Wildman–Crippen MR) is 108 cm³/mol. The minimum absolute atomic E-state index is 0.165. The molecular formula is C16H11ClN6OS3. The summed E-state index contributed by atoms with van der Waals surface area (Å²) in [5.74, 6) is 0.422. The van der Waals surface area contributed by atoms with Gasteiger partial charge >= 0.3 is 0 Å². The summed E-state index contributed by atoms with van der Waals surface area (Å²) in [6.07, 6.45) is 1.52. The Bertz CT molecular complexity index is 1060. The number of carbonyl (C=O) groups is 1. The van der Waals surface area contributed by atoms with E-state index >= 15 is 0 Å². The summed E-state index contributed by atoms with van der Waals surface area (Å²) in [4.78, 5) is 13.6. The van der Waals surface area contributed by atoms with Crippen molar-refractivity contribution >= 4 is 57.1 Å². The van der Waals surface area contributed by atoms with Crippen molar-refractivity contribution in [1.82, 2.24) is 25.2 Å². The van der Waals surface area contributed by atoms with Crippen LogP contribution in [0.2, 0.25) is 5.02 Å². The fourth-order valence-electron chi connectivity index (χ4n) is 2.13. The van der Waals surface area contributed by atoms with Crippen LogP contribution in [0.1, 0.15) is 15.4 Å². The smallest absolute Gasteiger partial charge is 0.279 e. The number of rotatable bonds is 6. The van der Waals surface area contributed by atoms with Crippen molar-refractivity contribution in [2.75, 3.05) is 5.32 Å². The summed E-state index contributed by atoms with van der Waals surface area (Å²) in [5, 5.41) is 21.6. The highest BCUT2D eigenvalue weighted by molar-refractivity contribution is 8.00. The molecule has 0 atom stereocenters. The fourth-order valence-corrected chi connectivity index (χ4v) is 4.87. The van der Waals surface area contributed by atoms with E-state index in [-0.39, 0.29) is 5.69 Å². The molecule has 3 heterocycles. The van der Waals surface area contributed by atoms with Crippen LogP contribution in [-0.4, -0.2) is 31.1 Å². The second-order valence-electron chi connectivity index (χ2n) is 5.20. The Kier molecular flexibility index (Phi) is 5.48. The SMILES string of the molecule is O=C(Nc1nnc(SCc2cccs2)s1)c1cn(-c2ccccc2Cl)nn1. The lowest BCUT2D eigenvalue weighted by Crippen LogP contribution is -2.12. The van der Waals surface area contributed by atoms with Gasteiger partial charge in [0.25, 0.3) is 5.91 Å². The zero-order chi connectivity index (χ0) is 18.6. The zero-order valence-electron chi connectivity index (χ0n) is 13.6. The van der Waals surface area contributed by atoms with Gasteiger partial charge in [0.1, 0.15) is 0 Å². The van der Waals surface area contributed by atoms with E-state index < -0.39 is 5.91 Å². The van der Waals surface area contributed by atoms with Gasteiger partial charge in [0.2, 0.25) is 5.13 Å². The summed E-state index contributed by atoms with van der Waals surface area (Å²) < 4.78 is 2.25. The largest absolute Gasteiger partial charge is 0.295 e. The first-order chi connectivity index (χ1) is 13.2. The molecule has 1 N–H and O–H groups in total. The Morgan fingerprint density at radius 3 is 2.89 bits per heavy atom. The lowest BCUT2D eigenvalue weighted by Gasteiger charge is -2.01. The third kappa shape index (κ3) is 4.35. The van der Waals surface area contributed by atoms with E-state index in [4.69, 9.17) is 11.6 Å². The van der Waals surface area contributed by atoms with Crippen LogP contribution in [-0.2, 0) is 5.75 Å². The number of hydrogen-bond acceptors (Lipinski definition) is 8. The summed E-state index contributed by atoms with van der Waals surface area (Å²) >= 11 is 10.7. The number of thioether (sulfide) groups is 1. The van der Waals surface area contributed by atoms with Crippen LogP contribution in [0.25, 0.3) is 5.69 Å². The molecule has 0 bridgehead atoms. The monoisotopic (exact) mass is 434 g/mol. The van der Waals surface area contributed by atoms with Crippen LogP contribution >= 0.6 is 46.0 Å². The number of anilines is 1. The highest BCUT2D eigenvalue weighted by atomic mass is 35.5. The predicted octanol–water partition coefficient (Wildman–Crippen LogP) is 4.38. The van der Waals surface area contributed by atoms with Gasteiger partial charge in [-0.15, -0.1) is 26.6 Å². The Balaban J connectivity index is 1.40. The molecule has 0 aliphatic heterocycles. The average Bonchev–Trinajstić information content (AvgIpc) is 3.42. The topological polar surface area (TPSA) is 85.6 Å². The van der Waals surface area contributed by atoms with Crippen LogP contribution in [0, 0.1) is 0 Å². The lowest BCUT2D eigenvalue weighted by molar-refractivity contribution is 0.102. The number of hydrogen-bond donors (Lipinski definition) is 1. The van der Waals surface area contributed by atoms with Gasteiger partial charge in [-0.2, -0.15) is 0 Å². The quantitative estimate of drug-likeness (QED) is 0.358. The van der Waals surface area contributed by atoms with Gasteiger partial charge in [0.05, 0.1) is 16.9 Å². The molecule has 0 aliphatic rings. The van der Waals surface area contributed by atoms with Crippen LogP contribution in [0.4, 0.5) is 5.13 Å². The fraction of sp³-hybridized carbons (Fsp3) is 0.0625. The van der Waals surface area contributed by atoms with Crippen LogP contribution < -0.4 is 5.32 Å². The molecule has 136 valence electrons. The zero-order valence-corrected chi connectivity index (χ0v) is 16.8. The first kappa shape index (κ1) is 18.1. The third-order valence-corrected chi connectivity index (χ3v) is 6.77. The van der Waals surface area contributed by atoms with E-state index in [1.807, 2.05) is 23.6 Å². The maximum Gasteiger partial charge on any atom is 0.279 e. The van der Waals surface area contributed by atoms with Crippen molar-refractivity contribution in [2.24, 2.45) is 0 Å². The van der Waals surface area contributed by atoms with E-state index in [2.05, 4.69) is 31.9 Å². The number of halogens is 1. The van der Waals surface area contributed by atoms with Crippen molar-refractivity contribution in [3.63, 3.8) is 0 Å². The van der Waals surface area contributed by atoms with Gasteiger partial charge in [0, 0.05) is 10.6 Å². The highest BCUT2D eigenvalue weighted by Crippen LogP contribution is 2.29. The summed E-state index contributed by atoms with van der Waals surface area (Å²) in [6.45, 7) is 0. The first-order valence-corrected chi connectivity index (χ1v) is 10.7. The number of benzene rings is 1. The number of thiophene rings is 1. The van der Waals surface area contributed by atoms with Gasteiger partial charge in [-0.25, -0.2) is 4.68 Å². The molecule has 0 unspecified atom stereocenters. The van der Waals surface area contributed by atoms with Gasteiger partial charge in [0.15, 0.2) is 10.0 Å². The van der Waals surface area contributed by atoms with E-state index in [9.17, 15) is 4.79 Å². The lowest BCUT2D eigenvalue weighted by atomic mass is 10.3. The molecule has 1 aromatic carbocycles. The maximum absolute atomic E-state index is 12.4. The van der Waals surface area contributed by atoms with Crippen LogP contribution in [0.15, 0.2) is 52.3 Å². The molecular weight excluding hydrogens is 424 g/mol. The van der Waals surface area contributed by atoms with Crippen LogP contribution in [0.3, 0.4) is 0 Å². The average molecular weight is 435 g/mol. The minimum atomic E-state index is -0.403. The molecule has 11 heteroatoms. The summed E-state index contributed by atoms with van der Waals surface area (Å²) in [7, 11) is 0. The molecule has 0 aliphatic carbocycles. The summed E-state index contributed by atoms with van der Waals surface area (Å²) in [6, 6.07) is 11.3.